The zero-order valence-electron chi connectivity index (χ0n) is 9.86. The van der Waals surface area contributed by atoms with Crippen LogP contribution in [0, 0.1) is 17.3 Å². The van der Waals surface area contributed by atoms with Gasteiger partial charge in [0.25, 0.3) is 1.45 Å². The predicted octanol–water partition coefficient (Wildman–Crippen LogP) is 4.01. The predicted molar refractivity (Wildman–Crippen MR) is 53.1 cm³/mol. The SMILES string of the molecule is CC1CCC(C(C)(C)C)CC1.[2H]F. The van der Waals surface area contributed by atoms with Crippen molar-refractivity contribution >= 4 is 0 Å². The average molecular weight is 175 g/mol. The Morgan fingerprint density at radius 3 is 1.83 bits per heavy atom. The minimum absolute atomic E-state index is 0.556. The van der Waals surface area contributed by atoms with E-state index in [1.807, 2.05) is 0 Å². The highest BCUT2D eigenvalue weighted by Gasteiger charge is 2.27. The van der Waals surface area contributed by atoms with E-state index >= 15 is 0 Å². The largest absolute Gasteiger partial charge is 0.269 e. The molecule has 1 rings (SSSR count). The summed E-state index contributed by atoms with van der Waals surface area (Å²) in [5, 5.41) is 0. The molecule has 12 heavy (non-hydrogen) atoms. The van der Waals surface area contributed by atoms with Crippen molar-refractivity contribution < 1.29 is 4.72 Å². The quantitative estimate of drug-likeness (QED) is 0.522. The first-order chi connectivity index (χ1) is 6.00. The second kappa shape index (κ2) is 4.25. The maximum atomic E-state index is 8.75. The Bertz CT molecular complexity index is 121. The van der Waals surface area contributed by atoms with E-state index in [1.54, 1.807) is 0 Å². The summed E-state index contributed by atoms with van der Waals surface area (Å²) in [7, 11) is 0. The summed E-state index contributed by atoms with van der Waals surface area (Å²) in [5.74, 6) is 1.98. The molecule has 0 atom stereocenters. The molecule has 1 aliphatic rings. The van der Waals surface area contributed by atoms with E-state index in [0.717, 1.165) is 11.8 Å². The van der Waals surface area contributed by atoms with Gasteiger partial charge >= 0.3 is 0 Å². The fraction of sp³-hybridized carbons (Fsp3) is 1.00. The van der Waals surface area contributed by atoms with Gasteiger partial charge in [0.1, 0.15) is 0 Å². The van der Waals surface area contributed by atoms with E-state index in [4.69, 9.17) is 4.72 Å². The van der Waals surface area contributed by atoms with Gasteiger partial charge in [0.2, 0.25) is 0 Å². The molecule has 0 spiro atoms. The van der Waals surface area contributed by atoms with Crippen LogP contribution in [0.25, 0.3) is 0 Å². The van der Waals surface area contributed by atoms with Crippen molar-refractivity contribution in [2.75, 3.05) is 0 Å². The molecule has 0 unspecified atom stereocenters. The van der Waals surface area contributed by atoms with Crippen LogP contribution in [0.3, 0.4) is 0 Å². The van der Waals surface area contributed by atoms with Crippen LogP contribution in [0.5, 0.6) is 0 Å². The van der Waals surface area contributed by atoms with Gasteiger partial charge in [-0.25, -0.2) is 0 Å². The summed E-state index contributed by atoms with van der Waals surface area (Å²) in [4.78, 5) is 0. The molecular formula is C11H23F. The molecule has 1 fully saturated rings. The molecule has 0 saturated heterocycles. The lowest BCUT2D eigenvalue weighted by Crippen LogP contribution is -2.24. The summed E-state index contributed by atoms with van der Waals surface area (Å²) in [5.41, 5.74) is 0.556. The van der Waals surface area contributed by atoms with E-state index in [-0.39, 0.29) is 0 Å². The molecule has 0 aromatic carbocycles. The molecule has 74 valence electrons. The Morgan fingerprint density at radius 2 is 1.50 bits per heavy atom. The lowest BCUT2D eigenvalue weighted by atomic mass is 9.70. The van der Waals surface area contributed by atoms with Crippen LogP contribution < -0.4 is 0 Å². The maximum Gasteiger partial charge on any atom is 0.269 e. The highest BCUT2D eigenvalue weighted by atomic mass is 19.0. The lowest BCUT2D eigenvalue weighted by molar-refractivity contribution is 0.155. The molecule has 0 bridgehead atoms. The molecule has 0 heterocycles. The van der Waals surface area contributed by atoms with Gasteiger partial charge in [-0.15, -0.1) is 0 Å². The molecule has 0 amide bonds. The molecule has 0 radical (unpaired) electrons. The molecule has 0 N–H and O–H groups in total. The standard InChI is InChI=1S/C11H22.FH/c1-9-5-7-10(8-6-9)11(2,3)4;/h9-10H,5-8H2,1-4H3;1H/i/hD. The van der Waals surface area contributed by atoms with Gasteiger partial charge in [-0.1, -0.05) is 40.5 Å². The third kappa shape index (κ3) is 3.12. The Labute approximate surface area is 77.6 Å². The zero-order valence-corrected chi connectivity index (χ0v) is 8.86. The van der Waals surface area contributed by atoms with Crippen LogP contribution in [-0.2, 0) is 0 Å². The molecule has 1 saturated carbocycles. The molecule has 1 heteroatoms. The molecular weight excluding hydrogens is 151 g/mol. The first-order valence-electron chi connectivity index (χ1n) is 5.38. The normalized spacial score (nSPS) is 31.6. The first-order valence-corrected chi connectivity index (χ1v) is 5.00. The minimum Gasteiger partial charge on any atom is -0.269 e. The summed E-state index contributed by atoms with van der Waals surface area (Å²) >= 11 is 0. The van der Waals surface area contributed by atoms with Gasteiger partial charge in [0.05, 0.1) is 0 Å². The monoisotopic (exact) mass is 175 g/mol. The number of rotatable bonds is 0. The number of hydrogen-bond acceptors (Lipinski definition) is 0. The van der Waals surface area contributed by atoms with Crippen LogP contribution in [-0.4, -0.2) is 1.45 Å². The van der Waals surface area contributed by atoms with Gasteiger partial charge in [0.15, 0.2) is 0 Å². The number of hydrogen-bond donors (Lipinski definition) is 0. The van der Waals surface area contributed by atoms with Crippen molar-refractivity contribution in [1.82, 2.24) is 0 Å². The highest BCUT2D eigenvalue weighted by Crippen LogP contribution is 2.39. The highest BCUT2D eigenvalue weighted by molar-refractivity contribution is 4.78. The van der Waals surface area contributed by atoms with Crippen molar-refractivity contribution in [3.63, 3.8) is 0 Å². The zero-order chi connectivity index (χ0) is 10.5. The Morgan fingerprint density at radius 1 is 1.08 bits per heavy atom. The third-order valence-corrected chi connectivity index (χ3v) is 3.24. The Kier molecular flexibility index (Phi) is 3.54. The summed E-state index contributed by atoms with van der Waals surface area (Å²) in [6.07, 6.45) is 5.85. The van der Waals surface area contributed by atoms with Gasteiger partial charge < -0.3 is 0 Å². The number of halogens is 1. The smallest absolute Gasteiger partial charge is 0.269 e. The summed E-state index contributed by atoms with van der Waals surface area (Å²) in [6.45, 7) is 9.54. The topological polar surface area (TPSA) is 0 Å². The van der Waals surface area contributed by atoms with Gasteiger partial charge in [-0.3, -0.25) is 4.72 Å². The third-order valence-electron chi connectivity index (χ3n) is 3.24. The van der Waals surface area contributed by atoms with Gasteiger partial charge in [0, 0.05) is 0 Å². The second-order valence-electron chi connectivity index (χ2n) is 5.32. The van der Waals surface area contributed by atoms with Crippen molar-refractivity contribution in [2.24, 2.45) is 17.3 Å². The fourth-order valence-electron chi connectivity index (χ4n) is 2.13. The minimum atomic E-state index is 0.556. The maximum absolute atomic E-state index is 8.75. The van der Waals surface area contributed by atoms with Crippen molar-refractivity contribution in [3.8, 4) is 0 Å². The first kappa shape index (κ1) is 10.0. The van der Waals surface area contributed by atoms with Crippen LogP contribution in [0.2, 0.25) is 0 Å². The molecule has 0 aromatic heterocycles. The van der Waals surface area contributed by atoms with E-state index in [0.29, 0.717) is 5.41 Å². The molecule has 1 aliphatic carbocycles. The van der Waals surface area contributed by atoms with Crippen molar-refractivity contribution in [1.29, 1.82) is 1.45 Å². The van der Waals surface area contributed by atoms with E-state index < -0.39 is 0 Å². The van der Waals surface area contributed by atoms with Crippen molar-refractivity contribution in [2.45, 2.75) is 53.4 Å². The lowest BCUT2D eigenvalue weighted by Gasteiger charge is -2.35. The fourth-order valence-corrected chi connectivity index (χ4v) is 2.13. The van der Waals surface area contributed by atoms with E-state index in [2.05, 4.69) is 29.1 Å². The van der Waals surface area contributed by atoms with E-state index in [9.17, 15) is 0 Å². The van der Waals surface area contributed by atoms with Crippen LogP contribution in [0.1, 0.15) is 53.4 Å². The van der Waals surface area contributed by atoms with Gasteiger partial charge in [-0.2, -0.15) is 0 Å². The summed E-state index contributed by atoms with van der Waals surface area (Å²) in [6, 6.07) is 0. The van der Waals surface area contributed by atoms with Crippen LogP contribution in [0.15, 0.2) is 0 Å². The Balaban J connectivity index is 0.000000671. The Hall–Kier alpha value is -0.0700. The molecule has 0 aromatic rings. The molecule has 0 aliphatic heterocycles. The average Bonchev–Trinajstić information content (AvgIpc) is 2.07. The van der Waals surface area contributed by atoms with E-state index in [1.165, 1.54) is 25.7 Å². The van der Waals surface area contributed by atoms with Crippen LogP contribution in [0.4, 0.5) is 4.72 Å². The van der Waals surface area contributed by atoms with Crippen molar-refractivity contribution in [3.05, 3.63) is 0 Å². The molecule has 0 nitrogen and oxygen atoms in total. The summed E-state index contributed by atoms with van der Waals surface area (Å²) < 4.78 is 13.0. The van der Waals surface area contributed by atoms with Crippen LogP contribution >= 0.6 is 0 Å². The van der Waals surface area contributed by atoms with Gasteiger partial charge in [-0.05, 0) is 30.1 Å². The second-order valence-corrected chi connectivity index (χ2v) is 5.32.